The number of esters is 1. The minimum Gasteiger partial charge on any atom is -0.480 e. The highest BCUT2D eigenvalue weighted by Gasteiger charge is 2.24. The summed E-state index contributed by atoms with van der Waals surface area (Å²) in [6.07, 6.45) is 1.67. The topological polar surface area (TPSA) is 141 Å². The number of rotatable bonds is 12. The van der Waals surface area contributed by atoms with Crippen molar-refractivity contribution in [3.05, 3.63) is 10.4 Å². The molecule has 0 spiro atoms. The van der Waals surface area contributed by atoms with Crippen LogP contribution in [0.1, 0.15) is 46.0 Å². The Morgan fingerprint density at radius 2 is 1.96 bits per heavy atom. The molecule has 0 aromatic rings. The molecular formula is C14H24N4O5. The van der Waals surface area contributed by atoms with Gasteiger partial charge in [0.25, 0.3) is 0 Å². The van der Waals surface area contributed by atoms with Crippen LogP contribution in [-0.2, 0) is 19.1 Å². The van der Waals surface area contributed by atoms with Crippen molar-refractivity contribution >= 4 is 17.8 Å². The molecule has 130 valence electrons. The van der Waals surface area contributed by atoms with Crippen molar-refractivity contribution < 1.29 is 24.2 Å². The third-order valence-electron chi connectivity index (χ3n) is 2.81. The van der Waals surface area contributed by atoms with E-state index in [0.717, 1.165) is 0 Å². The van der Waals surface area contributed by atoms with Crippen LogP contribution in [0.5, 0.6) is 0 Å². The fourth-order valence-corrected chi connectivity index (χ4v) is 1.64. The first kappa shape index (κ1) is 20.7. The molecule has 23 heavy (non-hydrogen) atoms. The van der Waals surface area contributed by atoms with Crippen LogP contribution in [0, 0.1) is 5.92 Å². The highest BCUT2D eigenvalue weighted by Crippen LogP contribution is 2.03. The molecule has 0 saturated carbocycles. The Hall–Kier alpha value is -2.28. The van der Waals surface area contributed by atoms with Gasteiger partial charge < -0.3 is 15.2 Å². The number of carboxylic acids is 1. The van der Waals surface area contributed by atoms with Crippen molar-refractivity contribution in [2.45, 2.75) is 52.0 Å². The number of azide groups is 1. The molecule has 0 aliphatic carbocycles. The third kappa shape index (κ3) is 12.0. The summed E-state index contributed by atoms with van der Waals surface area (Å²) in [6, 6.07) is -1.29. The van der Waals surface area contributed by atoms with Gasteiger partial charge in [-0.2, -0.15) is 0 Å². The summed E-state index contributed by atoms with van der Waals surface area (Å²) in [5, 5.41) is 14.7. The first-order valence-corrected chi connectivity index (χ1v) is 7.55. The van der Waals surface area contributed by atoms with Gasteiger partial charge >= 0.3 is 11.9 Å². The van der Waals surface area contributed by atoms with Gasteiger partial charge in [-0.25, -0.2) is 4.79 Å². The SMILES string of the molecule is CC(C)COC(=O)C[C@H](NC(=O)CCCCCN=[N+]=[N-])C(=O)O. The van der Waals surface area contributed by atoms with Crippen LogP contribution in [0.25, 0.3) is 10.4 Å². The molecule has 2 N–H and O–H groups in total. The van der Waals surface area contributed by atoms with Gasteiger partial charge in [-0.15, -0.1) is 0 Å². The second-order valence-electron chi connectivity index (χ2n) is 5.50. The van der Waals surface area contributed by atoms with E-state index in [0.29, 0.717) is 25.8 Å². The standard InChI is InChI=1S/C14H24N4O5/c1-10(2)9-23-13(20)8-11(14(21)22)17-12(19)6-4-3-5-7-16-18-15/h10-11H,3-9H2,1-2H3,(H,17,19)(H,21,22)/t11-/m0/s1. The van der Waals surface area contributed by atoms with Crippen LogP contribution in [0.2, 0.25) is 0 Å². The quantitative estimate of drug-likeness (QED) is 0.185. The largest absolute Gasteiger partial charge is 0.480 e. The lowest BCUT2D eigenvalue weighted by molar-refractivity contribution is -0.151. The van der Waals surface area contributed by atoms with Crippen LogP contribution >= 0.6 is 0 Å². The molecule has 0 unspecified atom stereocenters. The molecule has 0 aromatic carbocycles. The summed E-state index contributed by atoms with van der Waals surface area (Å²) in [5.41, 5.74) is 8.10. The maximum Gasteiger partial charge on any atom is 0.326 e. The van der Waals surface area contributed by atoms with Crippen LogP contribution in [0.15, 0.2) is 5.11 Å². The molecule has 0 heterocycles. The number of unbranched alkanes of at least 4 members (excludes halogenated alkanes) is 2. The second kappa shape index (κ2) is 12.3. The van der Waals surface area contributed by atoms with E-state index in [1.807, 2.05) is 13.8 Å². The van der Waals surface area contributed by atoms with Gasteiger partial charge in [0.1, 0.15) is 6.04 Å². The Balaban J connectivity index is 4.10. The van der Waals surface area contributed by atoms with E-state index in [1.54, 1.807) is 0 Å². The first-order valence-electron chi connectivity index (χ1n) is 7.55. The molecule has 9 nitrogen and oxygen atoms in total. The fourth-order valence-electron chi connectivity index (χ4n) is 1.64. The molecule has 1 amide bonds. The maximum absolute atomic E-state index is 11.7. The van der Waals surface area contributed by atoms with E-state index in [9.17, 15) is 14.4 Å². The smallest absolute Gasteiger partial charge is 0.326 e. The van der Waals surface area contributed by atoms with Gasteiger partial charge in [0.15, 0.2) is 0 Å². The number of nitrogens with zero attached hydrogens (tertiary/aromatic N) is 3. The summed E-state index contributed by atoms with van der Waals surface area (Å²) >= 11 is 0. The zero-order valence-electron chi connectivity index (χ0n) is 13.5. The third-order valence-corrected chi connectivity index (χ3v) is 2.81. The molecule has 0 aromatic heterocycles. The maximum atomic E-state index is 11.7. The number of amides is 1. The monoisotopic (exact) mass is 328 g/mol. The Labute approximate surface area is 135 Å². The van der Waals surface area contributed by atoms with Gasteiger partial charge in [0, 0.05) is 17.9 Å². The van der Waals surface area contributed by atoms with Crippen LogP contribution in [0.3, 0.4) is 0 Å². The molecule has 0 rings (SSSR count). The van der Waals surface area contributed by atoms with Crippen molar-refractivity contribution in [2.24, 2.45) is 11.0 Å². The normalized spacial score (nSPS) is 11.4. The molecule has 0 radical (unpaired) electrons. The predicted molar refractivity (Wildman–Crippen MR) is 82.5 cm³/mol. The molecular weight excluding hydrogens is 304 g/mol. The fraction of sp³-hybridized carbons (Fsp3) is 0.786. The van der Waals surface area contributed by atoms with E-state index in [4.69, 9.17) is 15.4 Å². The average molecular weight is 328 g/mol. The molecule has 0 bridgehead atoms. The van der Waals surface area contributed by atoms with E-state index in [-0.39, 0.29) is 18.9 Å². The van der Waals surface area contributed by atoms with Crippen molar-refractivity contribution in [1.29, 1.82) is 0 Å². The van der Waals surface area contributed by atoms with Crippen molar-refractivity contribution in [2.75, 3.05) is 13.2 Å². The predicted octanol–water partition coefficient (Wildman–Crippen LogP) is 2.02. The van der Waals surface area contributed by atoms with Gasteiger partial charge in [-0.05, 0) is 24.3 Å². The number of hydrogen-bond donors (Lipinski definition) is 2. The van der Waals surface area contributed by atoms with E-state index in [2.05, 4.69) is 15.3 Å². The Morgan fingerprint density at radius 3 is 2.52 bits per heavy atom. The zero-order valence-corrected chi connectivity index (χ0v) is 13.5. The Kier molecular flexibility index (Phi) is 11.1. The zero-order chi connectivity index (χ0) is 17.7. The van der Waals surface area contributed by atoms with E-state index < -0.39 is 30.3 Å². The lowest BCUT2D eigenvalue weighted by Crippen LogP contribution is -2.42. The summed E-state index contributed by atoms with van der Waals surface area (Å²) in [7, 11) is 0. The number of aliphatic carboxylic acids is 1. The Bertz CT molecular complexity index is 446. The highest BCUT2D eigenvalue weighted by molar-refractivity contribution is 5.87. The van der Waals surface area contributed by atoms with Gasteiger partial charge in [0.2, 0.25) is 5.91 Å². The molecule has 1 atom stereocenters. The number of carbonyl (C=O) groups excluding carboxylic acids is 2. The van der Waals surface area contributed by atoms with Gasteiger partial charge in [-0.1, -0.05) is 25.4 Å². The molecule has 9 heteroatoms. The summed E-state index contributed by atoms with van der Waals surface area (Å²) < 4.78 is 4.91. The van der Waals surface area contributed by atoms with Crippen LogP contribution < -0.4 is 5.32 Å². The minimum absolute atomic E-state index is 0.154. The van der Waals surface area contributed by atoms with Crippen LogP contribution in [-0.4, -0.2) is 42.1 Å². The van der Waals surface area contributed by atoms with Gasteiger partial charge in [-0.3, -0.25) is 9.59 Å². The minimum atomic E-state index is -1.29. The first-order chi connectivity index (χ1) is 10.9. The molecule has 0 aliphatic rings. The number of carboxylic acid groups (broad SMARTS) is 1. The lowest BCUT2D eigenvalue weighted by atomic mass is 10.1. The second-order valence-corrected chi connectivity index (χ2v) is 5.50. The van der Waals surface area contributed by atoms with Crippen LogP contribution in [0.4, 0.5) is 0 Å². The number of hydrogen-bond acceptors (Lipinski definition) is 5. The molecule has 0 saturated heterocycles. The number of nitrogens with one attached hydrogen (secondary N) is 1. The average Bonchev–Trinajstić information content (AvgIpc) is 2.48. The summed E-state index contributed by atoms with van der Waals surface area (Å²) in [4.78, 5) is 36.9. The number of ether oxygens (including phenoxy) is 1. The van der Waals surface area contributed by atoms with Crippen molar-refractivity contribution in [3.63, 3.8) is 0 Å². The highest BCUT2D eigenvalue weighted by atomic mass is 16.5. The van der Waals surface area contributed by atoms with Crippen molar-refractivity contribution in [3.8, 4) is 0 Å². The molecule has 0 aliphatic heterocycles. The van der Waals surface area contributed by atoms with Crippen molar-refractivity contribution in [1.82, 2.24) is 5.32 Å². The van der Waals surface area contributed by atoms with Gasteiger partial charge in [0.05, 0.1) is 13.0 Å². The molecule has 0 fully saturated rings. The summed E-state index contributed by atoms with van der Waals surface area (Å²) in [6.45, 7) is 4.32. The van der Waals surface area contributed by atoms with E-state index >= 15 is 0 Å². The number of carbonyl (C=O) groups is 3. The lowest BCUT2D eigenvalue weighted by Gasteiger charge is -2.14. The summed E-state index contributed by atoms with van der Waals surface area (Å²) in [5.74, 6) is -2.20. The van der Waals surface area contributed by atoms with E-state index in [1.165, 1.54) is 0 Å². The Morgan fingerprint density at radius 1 is 1.26 bits per heavy atom.